The summed E-state index contributed by atoms with van der Waals surface area (Å²) in [4.78, 5) is 14.0. The van der Waals surface area contributed by atoms with Gasteiger partial charge in [-0.1, -0.05) is 12.8 Å². The van der Waals surface area contributed by atoms with E-state index in [0.717, 1.165) is 31.7 Å². The molecule has 104 valence electrons. The molecule has 0 atom stereocenters. The number of hydrogen-bond donors (Lipinski definition) is 2. The maximum absolute atomic E-state index is 11.7. The molecule has 1 aliphatic carbocycles. The summed E-state index contributed by atoms with van der Waals surface area (Å²) in [7, 11) is 2.18. The summed E-state index contributed by atoms with van der Waals surface area (Å²) < 4.78 is 0. The average Bonchev–Trinajstić information content (AvgIpc) is 2.84. The summed E-state index contributed by atoms with van der Waals surface area (Å²) in [5.74, 6) is 0.799. The van der Waals surface area contributed by atoms with Crippen LogP contribution in [0.1, 0.15) is 44.9 Å². The third kappa shape index (κ3) is 4.48. The van der Waals surface area contributed by atoms with E-state index in [0.29, 0.717) is 6.04 Å². The van der Waals surface area contributed by atoms with E-state index in [1.165, 1.54) is 38.8 Å². The second-order valence-electron chi connectivity index (χ2n) is 5.92. The maximum Gasteiger partial charge on any atom is 0.315 e. The van der Waals surface area contributed by atoms with Crippen molar-refractivity contribution in [3.8, 4) is 0 Å². The Hall–Kier alpha value is -0.770. The minimum Gasteiger partial charge on any atom is -0.338 e. The van der Waals surface area contributed by atoms with Crippen LogP contribution in [0.2, 0.25) is 0 Å². The molecule has 0 aromatic heterocycles. The first-order chi connectivity index (χ1) is 8.74. The van der Waals surface area contributed by atoms with Gasteiger partial charge in [-0.3, -0.25) is 0 Å². The van der Waals surface area contributed by atoms with Crippen LogP contribution in [0, 0.1) is 5.92 Å². The predicted molar refractivity (Wildman–Crippen MR) is 73.6 cm³/mol. The largest absolute Gasteiger partial charge is 0.338 e. The number of rotatable bonds is 4. The van der Waals surface area contributed by atoms with Crippen molar-refractivity contribution in [3.05, 3.63) is 0 Å². The number of hydrogen-bond acceptors (Lipinski definition) is 2. The van der Waals surface area contributed by atoms with E-state index in [9.17, 15) is 4.79 Å². The van der Waals surface area contributed by atoms with Crippen LogP contribution in [0.15, 0.2) is 0 Å². The van der Waals surface area contributed by atoms with Crippen molar-refractivity contribution in [1.29, 1.82) is 0 Å². The number of nitrogens with one attached hydrogen (secondary N) is 2. The molecule has 2 N–H and O–H groups in total. The average molecular weight is 253 g/mol. The Morgan fingerprint density at radius 3 is 2.50 bits per heavy atom. The van der Waals surface area contributed by atoms with Gasteiger partial charge in [0.2, 0.25) is 0 Å². The Labute approximate surface area is 110 Å². The third-order valence-electron chi connectivity index (χ3n) is 4.37. The van der Waals surface area contributed by atoms with Crippen LogP contribution in [0.25, 0.3) is 0 Å². The van der Waals surface area contributed by atoms with Crippen LogP contribution in [-0.2, 0) is 0 Å². The first kappa shape index (κ1) is 13.7. The quantitative estimate of drug-likeness (QED) is 0.804. The van der Waals surface area contributed by atoms with Gasteiger partial charge in [-0.15, -0.1) is 0 Å². The molecule has 4 heteroatoms. The standard InChI is InChI=1S/C14H27N3O/c1-17-10-7-12(8-11-17)6-9-15-14(18)16-13-4-2-3-5-13/h12-13H,2-11H2,1H3,(H2,15,16,18). The third-order valence-corrected chi connectivity index (χ3v) is 4.37. The Morgan fingerprint density at radius 2 is 1.83 bits per heavy atom. The van der Waals surface area contributed by atoms with E-state index < -0.39 is 0 Å². The Kier molecular flexibility index (Phi) is 5.29. The summed E-state index contributed by atoms with van der Waals surface area (Å²) in [6.07, 6.45) is 8.53. The van der Waals surface area contributed by atoms with Gasteiger partial charge in [0, 0.05) is 12.6 Å². The smallest absolute Gasteiger partial charge is 0.315 e. The topological polar surface area (TPSA) is 44.4 Å². The fourth-order valence-electron chi connectivity index (χ4n) is 3.05. The van der Waals surface area contributed by atoms with Gasteiger partial charge < -0.3 is 15.5 Å². The summed E-state index contributed by atoms with van der Waals surface area (Å²) in [5.41, 5.74) is 0. The molecule has 0 radical (unpaired) electrons. The van der Waals surface area contributed by atoms with Gasteiger partial charge >= 0.3 is 6.03 Å². The van der Waals surface area contributed by atoms with E-state index in [4.69, 9.17) is 0 Å². The Morgan fingerprint density at radius 1 is 1.17 bits per heavy atom. The van der Waals surface area contributed by atoms with Crippen molar-refractivity contribution in [2.75, 3.05) is 26.7 Å². The lowest BCUT2D eigenvalue weighted by Gasteiger charge is -2.28. The molecule has 2 fully saturated rings. The van der Waals surface area contributed by atoms with E-state index in [1.807, 2.05) is 0 Å². The predicted octanol–water partition coefficient (Wildman–Crippen LogP) is 1.96. The van der Waals surface area contributed by atoms with Crippen molar-refractivity contribution >= 4 is 6.03 Å². The molecule has 0 spiro atoms. The van der Waals surface area contributed by atoms with Crippen LogP contribution in [-0.4, -0.2) is 43.7 Å². The second kappa shape index (κ2) is 6.98. The maximum atomic E-state index is 11.7. The molecule has 2 rings (SSSR count). The molecule has 2 amide bonds. The number of amides is 2. The minimum absolute atomic E-state index is 0.0369. The zero-order valence-corrected chi connectivity index (χ0v) is 11.6. The molecular weight excluding hydrogens is 226 g/mol. The zero-order valence-electron chi connectivity index (χ0n) is 11.6. The summed E-state index contributed by atoms with van der Waals surface area (Å²) in [6.45, 7) is 3.24. The first-order valence-corrected chi connectivity index (χ1v) is 7.47. The van der Waals surface area contributed by atoms with Gasteiger partial charge in [0.05, 0.1) is 0 Å². The van der Waals surface area contributed by atoms with Gasteiger partial charge in [0.1, 0.15) is 0 Å². The van der Waals surface area contributed by atoms with Crippen LogP contribution < -0.4 is 10.6 Å². The molecule has 0 unspecified atom stereocenters. The van der Waals surface area contributed by atoms with Crippen molar-refractivity contribution < 1.29 is 4.79 Å². The lowest BCUT2D eigenvalue weighted by Crippen LogP contribution is -2.41. The van der Waals surface area contributed by atoms with E-state index in [-0.39, 0.29) is 6.03 Å². The molecule has 0 aromatic carbocycles. The molecule has 1 heterocycles. The fraction of sp³-hybridized carbons (Fsp3) is 0.929. The summed E-state index contributed by atoms with van der Waals surface area (Å²) in [5, 5.41) is 6.07. The molecule has 4 nitrogen and oxygen atoms in total. The number of carbonyl (C=O) groups is 1. The number of urea groups is 1. The Bertz CT molecular complexity index is 256. The zero-order chi connectivity index (χ0) is 12.8. The van der Waals surface area contributed by atoms with Crippen molar-refractivity contribution in [1.82, 2.24) is 15.5 Å². The lowest BCUT2D eigenvalue weighted by molar-refractivity contribution is 0.209. The van der Waals surface area contributed by atoms with Gasteiger partial charge in [0.15, 0.2) is 0 Å². The lowest BCUT2D eigenvalue weighted by atomic mass is 9.94. The fourth-order valence-corrected chi connectivity index (χ4v) is 3.05. The molecule has 1 saturated heterocycles. The molecule has 2 aliphatic rings. The summed E-state index contributed by atoms with van der Waals surface area (Å²) >= 11 is 0. The number of nitrogens with zero attached hydrogens (tertiary/aromatic N) is 1. The highest BCUT2D eigenvalue weighted by atomic mass is 16.2. The molecule has 1 aliphatic heterocycles. The molecule has 18 heavy (non-hydrogen) atoms. The normalized spacial score (nSPS) is 23.2. The van der Waals surface area contributed by atoms with Gasteiger partial charge in [-0.2, -0.15) is 0 Å². The van der Waals surface area contributed by atoms with Crippen LogP contribution in [0.4, 0.5) is 4.79 Å². The van der Waals surface area contributed by atoms with Crippen LogP contribution in [0.5, 0.6) is 0 Å². The first-order valence-electron chi connectivity index (χ1n) is 7.47. The van der Waals surface area contributed by atoms with Gasteiger partial charge in [-0.05, 0) is 58.2 Å². The highest BCUT2D eigenvalue weighted by Crippen LogP contribution is 2.19. The highest BCUT2D eigenvalue weighted by Gasteiger charge is 2.18. The molecular formula is C14H27N3O. The van der Waals surface area contributed by atoms with Crippen molar-refractivity contribution in [3.63, 3.8) is 0 Å². The summed E-state index contributed by atoms with van der Waals surface area (Å²) in [6, 6.07) is 0.461. The molecule has 1 saturated carbocycles. The van der Waals surface area contributed by atoms with E-state index in [2.05, 4.69) is 22.6 Å². The second-order valence-corrected chi connectivity index (χ2v) is 5.92. The monoisotopic (exact) mass is 253 g/mol. The van der Waals surface area contributed by atoms with Gasteiger partial charge in [0.25, 0.3) is 0 Å². The minimum atomic E-state index is 0.0369. The highest BCUT2D eigenvalue weighted by molar-refractivity contribution is 5.74. The number of likely N-dealkylation sites (tertiary alicyclic amines) is 1. The Balaban J connectivity index is 1.53. The van der Waals surface area contributed by atoms with Gasteiger partial charge in [-0.25, -0.2) is 4.79 Å². The van der Waals surface area contributed by atoms with E-state index >= 15 is 0 Å². The molecule has 0 bridgehead atoms. The van der Waals surface area contributed by atoms with Crippen molar-refractivity contribution in [2.24, 2.45) is 5.92 Å². The van der Waals surface area contributed by atoms with Crippen LogP contribution in [0.3, 0.4) is 0 Å². The number of piperidine rings is 1. The van der Waals surface area contributed by atoms with E-state index in [1.54, 1.807) is 0 Å². The molecule has 0 aromatic rings. The SMILES string of the molecule is CN1CCC(CCNC(=O)NC2CCCC2)CC1. The van der Waals surface area contributed by atoms with Crippen LogP contribution >= 0.6 is 0 Å². The number of carbonyl (C=O) groups excluding carboxylic acids is 1. The van der Waals surface area contributed by atoms with Crippen molar-refractivity contribution in [2.45, 2.75) is 51.0 Å².